The quantitative estimate of drug-likeness (QED) is 0.826. The van der Waals surface area contributed by atoms with Crippen molar-refractivity contribution in [3.63, 3.8) is 0 Å². The molecular formula is C12H21N3O. The highest BCUT2D eigenvalue weighted by Crippen LogP contribution is 2.23. The van der Waals surface area contributed by atoms with Crippen LogP contribution >= 0.6 is 0 Å². The zero-order valence-electron chi connectivity index (χ0n) is 10.3. The van der Waals surface area contributed by atoms with Crippen LogP contribution in [0.5, 0.6) is 0 Å². The first kappa shape index (κ1) is 11.6. The summed E-state index contributed by atoms with van der Waals surface area (Å²) in [6.45, 7) is 8.22. The Labute approximate surface area is 96.8 Å². The lowest BCUT2D eigenvalue weighted by molar-refractivity contribution is 0.0822. The van der Waals surface area contributed by atoms with Crippen molar-refractivity contribution in [2.24, 2.45) is 11.7 Å². The van der Waals surface area contributed by atoms with Crippen LogP contribution in [0.3, 0.4) is 0 Å². The number of hydrogen-bond acceptors (Lipinski definition) is 4. The Morgan fingerprint density at radius 3 is 2.94 bits per heavy atom. The standard InChI is InChI=1S/C12H21N3O/c1-8-6-14-12(16-8)7-15-5-4-11(13)9(2)10(15)3/h6,9-11H,4-5,7,13H2,1-3H3. The van der Waals surface area contributed by atoms with Crippen LogP contribution in [0, 0.1) is 12.8 Å². The number of hydrogen-bond donors (Lipinski definition) is 1. The van der Waals surface area contributed by atoms with Gasteiger partial charge in [0.2, 0.25) is 5.89 Å². The number of nitrogens with two attached hydrogens (primary N) is 1. The first-order valence-electron chi connectivity index (χ1n) is 5.99. The van der Waals surface area contributed by atoms with Crippen LogP contribution in [0.1, 0.15) is 31.9 Å². The van der Waals surface area contributed by atoms with Crippen molar-refractivity contribution in [3.8, 4) is 0 Å². The van der Waals surface area contributed by atoms with Gasteiger partial charge >= 0.3 is 0 Å². The van der Waals surface area contributed by atoms with Gasteiger partial charge in [0.25, 0.3) is 0 Å². The molecule has 1 aliphatic rings. The van der Waals surface area contributed by atoms with E-state index in [4.69, 9.17) is 10.2 Å². The van der Waals surface area contributed by atoms with Gasteiger partial charge in [-0.3, -0.25) is 4.90 Å². The van der Waals surface area contributed by atoms with Crippen LogP contribution in [-0.2, 0) is 6.54 Å². The van der Waals surface area contributed by atoms with E-state index in [2.05, 4.69) is 23.7 Å². The molecular weight excluding hydrogens is 202 g/mol. The lowest BCUT2D eigenvalue weighted by atomic mass is 9.88. The molecule has 4 nitrogen and oxygen atoms in total. The lowest BCUT2D eigenvalue weighted by Gasteiger charge is -2.40. The molecule has 0 amide bonds. The van der Waals surface area contributed by atoms with Gasteiger partial charge < -0.3 is 10.2 Å². The number of aromatic nitrogens is 1. The second-order valence-electron chi connectivity index (χ2n) is 4.89. The molecule has 1 aromatic rings. The van der Waals surface area contributed by atoms with Crippen molar-refractivity contribution in [1.29, 1.82) is 0 Å². The minimum Gasteiger partial charge on any atom is -0.445 e. The normalized spacial score (nSPS) is 31.9. The highest BCUT2D eigenvalue weighted by Gasteiger charge is 2.30. The molecule has 1 fully saturated rings. The first-order valence-corrected chi connectivity index (χ1v) is 5.99. The summed E-state index contributed by atoms with van der Waals surface area (Å²) in [6.07, 6.45) is 2.84. The molecule has 3 atom stereocenters. The summed E-state index contributed by atoms with van der Waals surface area (Å²) in [7, 11) is 0. The van der Waals surface area contributed by atoms with Gasteiger partial charge in [-0.15, -0.1) is 0 Å². The fourth-order valence-corrected chi connectivity index (χ4v) is 2.34. The molecule has 1 aromatic heterocycles. The molecule has 0 spiro atoms. The van der Waals surface area contributed by atoms with Crippen molar-refractivity contribution < 1.29 is 4.42 Å². The predicted octanol–water partition coefficient (Wildman–Crippen LogP) is 1.54. The SMILES string of the molecule is Cc1cnc(CN2CCC(N)C(C)C2C)o1. The van der Waals surface area contributed by atoms with Crippen LogP contribution in [0.15, 0.2) is 10.6 Å². The summed E-state index contributed by atoms with van der Waals surface area (Å²) in [4.78, 5) is 6.65. The Morgan fingerprint density at radius 2 is 2.31 bits per heavy atom. The molecule has 2 heterocycles. The topological polar surface area (TPSA) is 55.3 Å². The number of nitrogens with zero attached hydrogens (tertiary/aromatic N) is 2. The molecule has 2 rings (SSSR count). The Hall–Kier alpha value is -0.870. The van der Waals surface area contributed by atoms with E-state index in [1.54, 1.807) is 6.20 Å². The minimum atomic E-state index is 0.331. The molecule has 16 heavy (non-hydrogen) atoms. The van der Waals surface area contributed by atoms with Crippen molar-refractivity contribution in [3.05, 3.63) is 17.8 Å². The summed E-state index contributed by atoms with van der Waals surface area (Å²) in [5.41, 5.74) is 6.06. The highest BCUT2D eigenvalue weighted by molar-refractivity contribution is 4.93. The molecule has 90 valence electrons. The van der Waals surface area contributed by atoms with Gasteiger partial charge in [0, 0.05) is 18.6 Å². The van der Waals surface area contributed by atoms with Gasteiger partial charge in [0.15, 0.2) is 0 Å². The summed E-state index contributed by atoms with van der Waals surface area (Å²) in [5.74, 6) is 2.22. The maximum atomic E-state index is 6.06. The van der Waals surface area contributed by atoms with E-state index in [1.165, 1.54) is 0 Å². The van der Waals surface area contributed by atoms with Crippen molar-refractivity contribution >= 4 is 0 Å². The van der Waals surface area contributed by atoms with Crippen molar-refractivity contribution in [2.45, 2.75) is 45.8 Å². The summed E-state index contributed by atoms with van der Waals surface area (Å²) >= 11 is 0. The van der Waals surface area contributed by atoms with Gasteiger partial charge in [0.05, 0.1) is 12.7 Å². The molecule has 0 aromatic carbocycles. The van der Waals surface area contributed by atoms with Crippen LogP contribution in [0.2, 0.25) is 0 Å². The molecule has 0 radical (unpaired) electrons. The number of piperidine rings is 1. The van der Waals surface area contributed by atoms with Crippen LogP contribution in [-0.4, -0.2) is 28.5 Å². The third kappa shape index (κ3) is 2.28. The van der Waals surface area contributed by atoms with Gasteiger partial charge in [0.1, 0.15) is 5.76 Å². The van der Waals surface area contributed by atoms with E-state index in [0.717, 1.165) is 31.2 Å². The fourth-order valence-electron chi connectivity index (χ4n) is 2.34. The van der Waals surface area contributed by atoms with Gasteiger partial charge in [-0.05, 0) is 26.2 Å². The van der Waals surface area contributed by atoms with Crippen LogP contribution in [0.25, 0.3) is 0 Å². The first-order chi connectivity index (χ1) is 7.58. The van der Waals surface area contributed by atoms with E-state index in [1.807, 2.05) is 6.92 Å². The third-order valence-electron chi connectivity index (χ3n) is 3.77. The lowest BCUT2D eigenvalue weighted by Crippen LogP contribution is -2.51. The van der Waals surface area contributed by atoms with E-state index >= 15 is 0 Å². The average Bonchev–Trinajstić information content (AvgIpc) is 2.65. The molecule has 0 bridgehead atoms. The molecule has 0 saturated carbocycles. The highest BCUT2D eigenvalue weighted by atomic mass is 16.4. The van der Waals surface area contributed by atoms with Crippen LogP contribution < -0.4 is 5.73 Å². The Balaban J connectivity index is 2.00. The molecule has 0 aliphatic carbocycles. The maximum Gasteiger partial charge on any atom is 0.208 e. The van der Waals surface area contributed by atoms with E-state index in [0.29, 0.717) is 18.0 Å². The summed E-state index contributed by atoms with van der Waals surface area (Å²) < 4.78 is 5.51. The van der Waals surface area contributed by atoms with E-state index in [-0.39, 0.29) is 0 Å². The molecule has 3 unspecified atom stereocenters. The molecule has 1 aliphatic heterocycles. The summed E-state index contributed by atoms with van der Waals surface area (Å²) in [6, 6.07) is 0.827. The van der Waals surface area contributed by atoms with Gasteiger partial charge in [-0.2, -0.15) is 0 Å². The molecule has 2 N–H and O–H groups in total. The van der Waals surface area contributed by atoms with Crippen LogP contribution in [0.4, 0.5) is 0 Å². The fraction of sp³-hybridized carbons (Fsp3) is 0.750. The number of rotatable bonds is 2. The Bertz CT molecular complexity index is 350. The largest absolute Gasteiger partial charge is 0.445 e. The number of aryl methyl sites for hydroxylation is 1. The zero-order chi connectivity index (χ0) is 11.7. The Morgan fingerprint density at radius 1 is 1.56 bits per heavy atom. The number of oxazole rings is 1. The molecule has 1 saturated heterocycles. The van der Waals surface area contributed by atoms with Gasteiger partial charge in [-0.25, -0.2) is 4.98 Å². The second-order valence-corrected chi connectivity index (χ2v) is 4.89. The number of likely N-dealkylation sites (tertiary alicyclic amines) is 1. The second kappa shape index (κ2) is 4.55. The van der Waals surface area contributed by atoms with Crippen molar-refractivity contribution in [1.82, 2.24) is 9.88 Å². The monoisotopic (exact) mass is 223 g/mol. The summed E-state index contributed by atoms with van der Waals surface area (Å²) in [5, 5.41) is 0. The van der Waals surface area contributed by atoms with Gasteiger partial charge in [-0.1, -0.05) is 6.92 Å². The average molecular weight is 223 g/mol. The van der Waals surface area contributed by atoms with E-state index < -0.39 is 0 Å². The Kier molecular flexibility index (Phi) is 3.30. The maximum absolute atomic E-state index is 6.06. The smallest absolute Gasteiger partial charge is 0.208 e. The predicted molar refractivity (Wildman–Crippen MR) is 62.9 cm³/mol. The molecule has 4 heteroatoms. The zero-order valence-corrected chi connectivity index (χ0v) is 10.3. The van der Waals surface area contributed by atoms with E-state index in [9.17, 15) is 0 Å². The van der Waals surface area contributed by atoms with Crippen molar-refractivity contribution in [2.75, 3.05) is 6.54 Å². The third-order valence-corrected chi connectivity index (χ3v) is 3.77. The minimum absolute atomic E-state index is 0.331.